The smallest absolute Gasteiger partial charge is 0.331 e. The molecule has 2 aromatic rings. The van der Waals surface area contributed by atoms with Gasteiger partial charge in [-0.15, -0.1) is 0 Å². The van der Waals surface area contributed by atoms with E-state index in [9.17, 15) is 14.0 Å². The fourth-order valence-corrected chi connectivity index (χ4v) is 2.02. The molecule has 8 heteroatoms. The van der Waals surface area contributed by atoms with E-state index in [4.69, 9.17) is 27.9 Å². The number of halogens is 3. The van der Waals surface area contributed by atoms with Crippen LogP contribution in [0.4, 0.5) is 10.2 Å². The molecule has 0 saturated carbocycles. The third kappa shape index (κ3) is 5.64. The van der Waals surface area contributed by atoms with Crippen LogP contribution in [0.1, 0.15) is 5.56 Å². The zero-order chi connectivity index (χ0) is 17.5. The summed E-state index contributed by atoms with van der Waals surface area (Å²) in [5.41, 5.74) is 0.620. The summed E-state index contributed by atoms with van der Waals surface area (Å²) in [4.78, 5) is 27.1. The first kappa shape index (κ1) is 17.9. The molecule has 0 radical (unpaired) electrons. The number of nitrogens with one attached hydrogen (secondary N) is 1. The normalized spacial score (nSPS) is 10.6. The number of amides is 1. The van der Waals surface area contributed by atoms with Gasteiger partial charge in [-0.3, -0.25) is 4.79 Å². The first-order chi connectivity index (χ1) is 11.4. The molecular weight excluding hydrogens is 358 g/mol. The Hall–Kier alpha value is -2.44. The van der Waals surface area contributed by atoms with E-state index < -0.39 is 18.5 Å². The van der Waals surface area contributed by atoms with Gasteiger partial charge >= 0.3 is 5.97 Å². The highest BCUT2D eigenvalue weighted by Crippen LogP contribution is 2.22. The molecule has 2 rings (SSSR count). The lowest BCUT2D eigenvalue weighted by Gasteiger charge is -2.06. The lowest BCUT2D eigenvalue weighted by Crippen LogP contribution is -2.20. The average molecular weight is 369 g/mol. The molecule has 0 fully saturated rings. The zero-order valence-electron chi connectivity index (χ0n) is 12.1. The van der Waals surface area contributed by atoms with E-state index in [2.05, 4.69) is 10.3 Å². The molecule has 124 valence electrons. The van der Waals surface area contributed by atoms with Crippen LogP contribution < -0.4 is 5.32 Å². The van der Waals surface area contributed by atoms with Gasteiger partial charge in [0, 0.05) is 12.3 Å². The van der Waals surface area contributed by atoms with Gasteiger partial charge in [-0.05, 0) is 29.8 Å². The van der Waals surface area contributed by atoms with Crippen molar-refractivity contribution in [3.8, 4) is 0 Å². The third-order valence-electron chi connectivity index (χ3n) is 2.69. The van der Waals surface area contributed by atoms with Crippen molar-refractivity contribution in [3.05, 3.63) is 64.0 Å². The summed E-state index contributed by atoms with van der Waals surface area (Å²) >= 11 is 11.6. The minimum atomic E-state index is -0.718. The summed E-state index contributed by atoms with van der Waals surface area (Å²) in [6, 6.07) is 6.95. The Kier molecular flexibility index (Phi) is 6.28. The van der Waals surface area contributed by atoms with Crippen molar-refractivity contribution >= 4 is 47.0 Å². The Bertz CT molecular complexity index is 779. The molecule has 0 bridgehead atoms. The highest BCUT2D eigenvalue weighted by Gasteiger charge is 2.09. The van der Waals surface area contributed by atoms with Crippen molar-refractivity contribution in [3.63, 3.8) is 0 Å². The molecule has 0 aliphatic heterocycles. The van der Waals surface area contributed by atoms with Crippen LogP contribution in [-0.2, 0) is 14.3 Å². The molecule has 0 spiro atoms. The number of carbonyl (C=O) groups excluding carboxylic acids is 2. The number of aromatic nitrogens is 1. The molecule has 0 aliphatic carbocycles. The molecule has 0 unspecified atom stereocenters. The topological polar surface area (TPSA) is 68.3 Å². The SMILES string of the molecule is O=C(COC(=O)/C=C/c1ccc(F)cc1)Nc1ncc(Cl)cc1Cl. The van der Waals surface area contributed by atoms with E-state index in [1.807, 2.05) is 0 Å². The number of carbonyl (C=O) groups is 2. The molecular formula is C16H11Cl2FN2O3. The van der Waals surface area contributed by atoms with Crippen LogP contribution in [0, 0.1) is 5.82 Å². The fourth-order valence-electron chi connectivity index (χ4n) is 1.60. The summed E-state index contributed by atoms with van der Waals surface area (Å²) < 4.78 is 17.5. The van der Waals surface area contributed by atoms with Gasteiger partial charge < -0.3 is 10.1 Å². The largest absolute Gasteiger partial charge is 0.452 e. The number of rotatable bonds is 5. The first-order valence-corrected chi connectivity index (χ1v) is 7.41. The van der Waals surface area contributed by atoms with Gasteiger partial charge in [0.2, 0.25) is 0 Å². The molecule has 0 aliphatic rings. The first-order valence-electron chi connectivity index (χ1n) is 6.65. The van der Waals surface area contributed by atoms with Gasteiger partial charge in [-0.25, -0.2) is 14.2 Å². The van der Waals surface area contributed by atoms with E-state index in [1.165, 1.54) is 42.6 Å². The maximum Gasteiger partial charge on any atom is 0.331 e. The van der Waals surface area contributed by atoms with E-state index in [1.54, 1.807) is 0 Å². The predicted molar refractivity (Wildman–Crippen MR) is 89.3 cm³/mol. The summed E-state index contributed by atoms with van der Waals surface area (Å²) in [7, 11) is 0. The van der Waals surface area contributed by atoms with Crippen LogP contribution in [0.5, 0.6) is 0 Å². The van der Waals surface area contributed by atoms with Crippen LogP contribution in [0.15, 0.2) is 42.6 Å². The van der Waals surface area contributed by atoms with Crippen molar-refractivity contribution in [2.45, 2.75) is 0 Å². The molecule has 24 heavy (non-hydrogen) atoms. The van der Waals surface area contributed by atoms with Gasteiger partial charge in [0.1, 0.15) is 5.82 Å². The van der Waals surface area contributed by atoms with Crippen molar-refractivity contribution in [1.29, 1.82) is 0 Å². The van der Waals surface area contributed by atoms with Crippen LogP contribution in [0.25, 0.3) is 6.08 Å². The summed E-state index contributed by atoms with van der Waals surface area (Å²) in [5.74, 6) is -1.58. The monoisotopic (exact) mass is 368 g/mol. The highest BCUT2D eigenvalue weighted by atomic mass is 35.5. The fraction of sp³-hybridized carbons (Fsp3) is 0.0625. The van der Waals surface area contributed by atoms with Crippen LogP contribution >= 0.6 is 23.2 Å². The van der Waals surface area contributed by atoms with Crippen molar-refractivity contribution in [2.75, 3.05) is 11.9 Å². The number of esters is 1. The Morgan fingerprint density at radius 3 is 2.62 bits per heavy atom. The minimum Gasteiger partial charge on any atom is -0.452 e. The number of nitrogens with zero attached hydrogens (tertiary/aromatic N) is 1. The maximum atomic E-state index is 12.7. The molecule has 1 N–H and O–H groups in total. The molecule has 0 saturated heterocycles. The van der Waals surface area contributed by atoms with E-state index in [0.29, 0.717) is 10.6 Å². The van der Waals surface area contributed by atoms with E-state index >= 15 is 0 Å². The standard InChI is InChI=1S/C16H11Cl2FN2O3/c17-11-7-13(18)16(20-8-11)21-14(22)9-24-15(23)6-3-10-1-4-12(19)5-2-10/h1-8H,9H2,(H,20,21,22)/b6-3+. The van der Waals surface area contributed by atoms with Crippen molar-refractivity contribution in [1.82, 2.24) is 4.98 Å². The minimum absolute atomic E-state index is 0.115. The van der Waals surface area contributed by atoms with Gasteiger partial charge in [0.25, 0.3) is 5.91 Å². The molecule has 1 heterocycles. The second kappa shape index (κ2) is 8.42. The van der Waals surface area contributed by atoms with Gasteiger partial charge in [-0.2, -0.15) is 0 Å². The van der Waals surface area contributed by atoms with Crippen molar-refractivity contribution in [2.24, 2.45) is 0 Å². The lowest BCUT2D eigenvalue weighted by molar-refractivity contribution is -0.142. The lowest BCUT2D eigenvalue weighted by atomic mass is 10.2. The molecule has 1 amide bonds. The number of ether oxygens (including phenoxy) is 1. The average Bonchev–Trinajstić information content (AvgIpc) is 2.55. The molecule has 1 aromatic heterocycles. The Balaban J connectivity index is 1.82. The van der Waals surface area contributed by atoms with Gasteiger partial charge in [0.05, 0.1) is 10.0 Å². The van der Waals surface area contributed by atoms with Crippen LogP contribution in [0.2, 0.25) is 10.0 Å². The van der Waals surface area contributed by atoms with Gasteiger partial charge in [-0.1, -0.05) is 35.3 Å². The molecule has 1 aromatic carbocycles. The number of anilines is 1. The number of hydrogen-bond donors (Lipinski definition) is 1. The maximum absolute atomic E-state index is 12.7. The van der Waals surface area contributed by atoms with E-state index in [-0.39, 0.29) is 16.7 Å². The molecule has 5 nitrogen and oxygen atoms in total. The van der Waals surface area contributed by atoms with Crippen LogP contribution in [0.3, 0.4) is 0 Å². The number of pyridine rings is 1. The third-order valence-corrected chi connectivity index (χ3v) is 3.19. The zero-order valence-corrected chi connectivity index (χ0v) is 13.6. The second-order valence-electron chi connectivity index (χ2n) is 4.52. The number of hydrogen-bond acceptors (Lipinski definition) is 4. The van der Waals surface area contributed by atoms with Crippen LogP contribution in [-0.4, -0.2) is 23.5 Å². The highest BCUT2D eigenvalue weighted by molar-refractivity contribution is 6.36. The second-order valence-corrected chi connectivity index (χ2v) is 5.37. The summed E-state index contributed by atoms with van der Waals surface area (Å²) in [5, 5.41) is 2.88. The molecule has 0 atom stereocenters. The Morgan fingerprint density at radius 2 is 1.96 bits per heavy atom. The number of benzene rings is 1. The Morgan fingerprint density at radius 1 is 1.25 bits per heavy atom. The van der Waals surface area contributed by atoms with Gasteiger partial charge in [0.15, 0.2) is 12.4 Å². The quantitative estimate of drug-likeness (QED) is 0.644. The Labute approximate surface area is 147 Å². The predicted octanol–water partition coefficient (Wildman–Crippen LogP) is 3.72. The van der Waals surface area contributed by atoms with E-state index in [0.717, 1.165) is 6.08 Å². The summed E-state index contributed by atoms with van der Waals surface area (Å²) in [6.45, 7) is -0.507. The van der Waals surface area contributed by atoms with Crippen molar-refractivity contribution < 1.29 is 18.7 Å². The summed E-state index contributed by atoms with van der Waals surface area (Å²) in [6.07, 6.45) is 3.89.